The van der Waals surface area contributed by atoms with Crippen molar-refractivity contribution in [3.63, 3.8) is 0 Å². The third-order valence-corrected chi connectivity index (χ3v) is 6.77. The van der Waals surface area contributed by atoms with E-state index in [-0.39, 0.29) is 36.6 Å². The largest absolute Gasteiger partial charge is 0.435 e. The second-order valence-corrected chi connectivity index (χ2v) is 9.36. The molecule has 0 unspecified atom stereocenters. The number of rotatable bonds is 8. The number of nitrogens with zero attached hydrogens (tertiary/aromatic N) is 2. The first-order valence-electron chi connectivity index (χ1n) is 10.7. The molecule has 2 aliphatic rings. The molecule has 0 bridgehead atoms. The number of alkyl halides is 2. The molecule has 11 heteroatoms. The normalized spacial score (nSPS) is 17.2. The first-order chi connectivity index (χ1) is 15.8. The molecule has 1 spiro atoms. The van der Waals surface area contributed by atoms with Gasteiger partial charge >= 0.3 is 12.6 Å². The summed E-state index contributed by atoms with van der Waals surface area (Å²) in [4.78, 5) is 43.7. The number of aromatic nitrogens is 1. The second kappa shape index (κ2) is 9.42. The van der Waals surface area contributed by atoms with Gasteiger partial charge < -0.3 is 15.4 Å². The van der Waals surface area contributed by atoms with Crippen molar-refractivity contribution in [3.05, 3.63) is 29.1 Å². The van der Waals surface area contributed by atoms with E-state index in [0.717, 1.165) is 17.7 Å². The molecule has 33 heavy (non-hydrogen) atoms. The van der Waals surface area contributed by atoms with Crippen molar-refractivity contribution in [2.24, 2.45) is 0 Å². The smallest absolute Gasteiger partial charge is 0.387 e. The first kappa shape index (κ1) is 23.1. The fraction of sp³-hybridized carbons (Fsp3) is 0.455. The maximum atomic E-state index is 12.6. The number of carbonyl (C=O) groups excluding carboxylic acids is 3. The van der Waals surface area contributed by atoms with E-state index >= 15 is 0 Å². The molecule has 1 saturated heterocycles. The molecular weight excluding hydrogens is 454 g/mol. The quantitative estimate of drug-likeness (QED) is 0.551. The number of hydrogen-bond acceptors (Lipinski definition) is 6. The highest BCUT2D eigenvalue weighted by Gasteiger charge is 2.52. The molecule has 2 heterocycles. The highest BCUT2D eigenvalue weighted by atomic mass is 32.1. The van der Waals surface area contributed by atoms with Gasteiger partial charge in [-0.2, -0.15) is 8.78 Å². The predicted molar refractivity (Wildman–Crippen MR) is 118 cm³/mol. The SMILES string of the molecule is Cc1sc(NC(=O)CCCN2C(=O)NC3(CCCC3)C2=O)nc1-c1ccc(OC(F)F)cc1. The Hall–Kier alpha value is -3.08. The van der Waals surface area contributed by atoms with Crippen LogP contribution in [0.3, 0.4) is 0 Å². The average Bonchev–Trinajstić information content (AvgIpc) is 3.43. The lowest BCUT2D eigenvalue weighted by molar-refractivity contribution is -0.131. The fourth-order valence-corrected chi connectivity index (χ4v) is 5.14. The minimum Gasteiger partial charge on any atom is -0.435 e. The second-order valence-electron chi connectivity index (χ2n) is 8.15. The Morgan fingerprint density at radius 3 is 2.64 bits per heavy atom. The topological polar surface area (TPSA) is 101 Å². The van der Waals surface area contributed by atoms with Gasteiger partial charge in [0.1, 0.15) is 11.3 Å². The Labute approximate surface area is 193 Å². The monoisotopic (exact) mass is 478 g/mol. The van der Waals surface area contributed by atoms with Crippen LogP contribution in [0.1, 0.15) is 43.4 Å². The van der Waals surface area contributed by atoms with E-state index in [1.165, 1.54) is 28.4 Å². The van der Waals surface area contributed by atoms with Gasteiger partial charge in [0.15, 0.2) is 5.13 Å². The van der Waals surface area contributed by atoms with Crippen LogP contribution in [0.15, 0.2) is 24.3 Å². The van der Waals surface area contributed by atoms with Crippen LogP contribution in [0.5, 0.6) is 5.75 Å². The molecular formula is C22H24F2N4O4S. The molecule has 0 radical (unpaired) electrons. The van der Waals surface area contributed by atoms with Crippen molar-refractivity contribution >= 4 is 34.3 Å². The summed E-state index contributed by atoms with van der Waals surface area (Å²) in [5.74, 6) is -0.395. The summed E-state index contributed by atoms with van der Waals surface area (Å²) in [5.41, 5.74) is 0.614. The predicted octanol–water partition coefficient (Wildman–Crippen LogP) is 4.30. The Morgan fingerprint density at radius 1 is 1.27 bits per heavy atom. The summed E-state index contributed by atoms with van der Waals surface area (Å²) in [6, 6.07) is 5.74. The van der Waals surface area contributed by atoms with Crippen molar-refractivity contribution in [2.45, 2.75) is 57.6 Å². The number of thiazole rings is 1. The lowest BCUT2D eigenvalue weighted by atomic mass is 9.98. The molecule has 4 amide bonds. The molecule has 1 aromatic carbocycles. The Kier molecular flexibility index (Phi) is 6.59. The van der Waals surface area contributed by atoms with Crippen molar-refractivity contribution in [1.82, 2.24) is 15.2 Å². The summed E-state index contributed by atoms with van der Waals surface area (Å²) in [7, 11) is 0. The van der Waals surface area contributed by atoms with Crippen LogP contribution < -0.4 is 15.4 Å². The van der Waals surface area contributed by atoms with E-state index in [1.807, 2.05) is 6.92 Å². The molecule has 0 atom stereocenters. The van der Waals surface area contributed by atoms with E-state index in [0.29, 0.717) is 35.7 Å². The number of amides is 4. The molecule has 176 valence electrons. The van der Waals surface area contributed by atoms with Gasteiger partial charge in [-0.3, -0.25) is 14.5 Å². The minimum absolute atomic E-state index is 0.0548. The molecule has 1 aliphatic carbocycles. The highest BCUT2D eigenvalue weighted by Crippen LogP contribution is 2.35. The minimum atomic E-state index is -2.89. The standard InChI is InChI=1S/C22H24F2N4O4S/c1-13-17(14-6-8-15(9-7-14)32-19(23)24)26-20(33-13)25-16(29)5-4-12-28-18(30)22(27-21(28)31)10-2-3-11-22/h6-9,19H,2-5,10-12H2,1H3,(H,27,31)(H,25,26,29). The maximum Gasteiger partial charge on any atom is 0.387 e. The van der Waals surface area contributed by atoms with E-state index < -0.39 is 12.2 Å². The summed E-state index contributed by atoms with van der Waals surface area (Å²) < 4.78 is 29.0. The van der Waals surface area contributed by atoms with E-state index in [2.05, 4.69) is 20.4 Å². The van der Waals surface area contributed by atoms with Crippen LogP contribution >= 0.6 is 11.3 Å². The Bertz CT molecular complexity index is 1050. The van der Waals surface area contributed by atoms with Gasteiger partial charge in [-0.05, 0) is 50.5 Å². The lowest BCUT2D eigenvalue weighted by Crippen LogP contribution is -2.44. The summed E-state index contributed by atoms with van der Waals surface area (Å²) in [6.07, 6.45) is 3.67. The number of halogens is 2. The average molecular weight is 479 g/mol. The molecule has 1 aliphatic heterocycles. The zero-order chi connectivity index (χ0) is 23.6. The van der Waals surface area contributed by atoms with Crippen molar-refractivity contribution < 1.29 is 27.9 Å². The number of imide groups is 1. The molecule has 1 aromatic heterocycles. The van der Waals surface area contributed by atoms with Gasteiger partial charge in [-0.1, -0.05) is 12.8 Å². The van der Waals surface area contributed by atoms with Gasteiger partial charge in [0, 0.05) is 23.4 Å². The molecule has 1 saturated carbocycles. The fourth-order valence-electron chi connectivity index (χ4n) is 4.29. The van der Waals surface area contributed by atoms with E-state index in [1.54, 1.807) is 12.1 Å². The van der Waals surface area contributed by atoms with Gasteiger partial charge in [-0.15, -0.1) is 11.3 Å². The number of aryl methyl sites for hydroxylation is 1. The molecule has 8 nitrogen and oxygen atoms in total. The third kappa shape index (κ3) is 4.97. The number of anilines is 1. The van der Waals surface area contributed by atoms with Crippen molar-refractivity contribution in [3.8, 4) is 17.0 Å². The number of carbonyl (C=O) groups is 3. The molecule has 2 N–H and O–H groups in total. The third-order valence-electron chi connectivity index (χ3n) is 5.88. The Balaban J connectivity index is 1.30. The van der Waals surface area contributed by atoms with Crippen LogP contribution in [0.4, 0.5) is 18.7 Å². The van der Waals surface area contributed by atoms with Gasteiger partial charge in [0.05, 0.1) is 5.69 Å². The van der Waals surface area contributed by atoms with Crippen LogP contribution in [0.25, 0.3) is 11.3 Å². The lowest BCUT2D eigenvalue weighted by Gasteiger charge is -2.19. The van der Waals surface area contributed by atoms with Gasteiger partial charge in [0.2, 0.25) is 5.91 Å². The van der Waals surface area contributed by atoms with Crippen LogP contribution in [0, 0.1) is 6.92 Å². The summed E-state index contributed by atoms with van der Waals surface area (Å²) in [6.45, 7) is -0.849. The van der Waals surface area contributed by atoms with E-state index in [9.17, 15) is 23.2 Å². The number of urea groups is 1. The van der Waals surface area contributed by atoms with Gasteiger partial charge in [-0.25, -0.2) is 9.78 Å². The van der Waals surface area contributed by atoms with Crippen LogP contribution in [-0.4, -0.2) is 46.4 Å². The number of ether oxygens (including phenoxy) is 1. The van der Waals surface area contributed by atoms with E-state index in [4.69, 9.17) is 0 Å². The Morgan fingerprint density at radius 2 is 1.97 bits per heavy atom. The van der Waals surface area contributed by atoms with Crippen molar-refractivity contribution in [1.29, 1.82) is 0 Å². The number of benzene rings is 1. The highest BCUT2D eigenvalue weighted by molar-refractivity contribution is 7.16. The van der Waals surface area contributed by atoms with Crippen molar-refractivity contribution in [2.75, 3.05) is 11.9 Å². The van der Waals surface area contributed by atoms with Crippen LogP contribution in [-0.2, 0) is 9.59 Å². The van der Waals surface area contributed by atoms with Gasteiger partial charge in [0.25, 0.3) is 5.91 Å². The molecule has 4 rings (SSSR count). The summed E-state index contributed by atoms with van der Waals surface area (Å²) in [5, 5.41) is 5.99. The maximum absolute atomic E-state index is 12.6. The molecule has 2 aromatic rings. The molecule has 2 fully saturated rings. The number of hydrogen-bond donors (Lipinski definition) is 2. The van der Waals surface area contributed by atoms with Crippen LogP contribution in [0.2, 0.25) is 0 Å². The first-order valence-corrected chi connectivity index (χ1v) is 11.6. The number of nitrogens with one attached hydrogen (secondary N) is 2. The zero-order valence-corrected chi connectivity index (χ0v) is 18.8. The summed E-state index contributed by atoms with van der Waals surface area (Å²) >= 11 is 1.30. The zero-order valence-electron chi connectivity index (χ0n) is 18.0.